The highest BCUT2D eigenvalue weighted by molar-refractivity contribution is 7.71. The predicted molar refractivity (Wildman–Crippen MR) is 156 cm³/mol. The van der Waals surface area contributed by atoms with Crippen molar-refractivity contribution in [2.75, 3.05) is 5.84 Å². The number of nitrogen functional groups attached to an aromatic ring is 1. The molecule has 0 spiro atoms. The van der Waals surface area contributed by atoms with Gasteiger partial charge in [0.25, 0.3) is 5.91 Å². The molecule has 0 aliphatic heterocycles. The number of H-pyrrole nitrogens is 1. The molecule has 0 saturated heterocycles. The van der Waals surface area contributed by atoms with Crippen molar-refractivity contribution in [2.24, 2.45) is 5.92 Å². The Hall–Kier alpha value is -4.32. The van der Waals surface area contributed by atoms with Gasteiger partial charge in [-0.05, 0) is 49.7 Å². The third-order valence-electron chi connectivity index (χ3n) is 7.07. The maximum absolute atomic E-state index is 13.7. The smallest absolute Gasteiger partial charge is 0.257 e. The van der Waals surface area contributed by atoms with E-state index in [1.54, 1.807) is 16.7 Å². The van der Waals surface area contributed by atoms with Crippen LogP contribution in [0.2, 0.25) is 0 Å². The minimum Gasteiger partial charge on any atom is -0.344 e. The number of nitrogens with zero attached hydrogens (tertiary/aromatic N) is 4. The first-order valence-electron chi connectivity index (χ1n) is 13.2. The summed E-state index contributed by atoms with van der Waals surface area (Å²) >= 11 is 5.18. The molecule has 4 aromatic rings. The average Bonchev–Trinajstić information content (AvgIpc) is 3.29. The highest BCUT2D eigenvalue weighted by Crippen LogP contribution is 2.18. The van der Waals surface area contributed by atoms with Crippen LogP contribution in [0, 0.1) is 17.6 Å². The molecule has 0 aliphatic rings. The third-order valence-corrected chi connectivity index (χ3v) is 7.36. The number of nitrogens with one attached hydrogen (secondary N) is 3. The van der Waals surface area contributed by atoms with Crippen LogP contribution in [0.15, 0.2) is 53.5 Å². The fourth-order valence-corrected chi connectivity index (χ4v) is 4.70. The molecule has 12 heteroatoms. The van der Waals surface area contributed by atoms with E-state index in [1.165, 1.54) is 10.9 Å². The molecule has 0 bridgehead atoms. The maximum atomic E-state index is 13.7. The summed E-state index contributed by atoms with van der Waals surface area (Å²) < 4.78 is 3.19. The Kier molecular flexibility index (Phi) is 8.78. The summed E-state index contributed by atoms with van der Waals surface area (Å²) in [5.41, 5.74) is 1.74. The number of aromatic nitrogens is 5. The zero-order valence-electron chi connectivity index (χ0n) is 23.0. The Balaban J connectivity index is 1.65. The van der Waals surface area contributed by atoms with Gasteiger partial charge in [-0.1, -0.05) is 50.6 Å². The summed E-state index contributed by atoms with van der Waals surface area (Å²) in [6, 6.07) is 11.4. The second-order valence-electron chi connectivity index (χ2n) is 9.83. The first-order chi connectivity index (χ1) is 19.1. The van der Waals surface area contributed by atoms with Crippen molar-refractivity contribution in [3.63, 3.8) is 0 Å². The summed E-state index contributed by atoms with van der Waals surface area (Å²) in [4.78, 5) is 45.0. The maximum Gasteiger partial charge on any atom is 0.257 e. The van der Waals surface area contributed by atoms with E-state index in [0.717, 1.165) is 11.3 Å². The van der Waals surface area contributed by atoms with Gasteiger partial charge in [0.15, 0.2) is 5.82 Å². The molecule has 0 saturated carbocycles. The van der Waals surface area contributed by atoms with Crippen LogP contribution in [0.4, 0.5) is 0 Å². The molecular weight excluding hydrogens is 528 g/mol. The Morgan fingerprint density at radius 3 is 2.48 bits per heavy atom. The monoisotopic (exact) mass is 562 g/mol. The number of aromatic amines is 1. The zero-order valence-corrected chi connectivity index (χ0v) is 23.8. The molecule has 3 heterocycles. The molecule has 2 amide bonds. The normalized spacial score (nSPS) is 13.5. The number of hydrogen-bond donors (Lipinski definition) is 4. The van der Waals surface area contributed by atoms with Gasteiger partial charge < -0.3 is 21.0 Å². The third kappa shape index (κ3) is 5.96. The average molecular weight is 563 g/mol. The first-order valence-corrected chi connectivity index (χ1v) is 13.6. The van der Waals surface area contributed by atoms with Gasteiger partial charge in [-0.15, -0.1) is 0 Å². The first kappa shape index (κ1) is 28.7. The van der Waals surface area contributed by atoms with E-state index in [9.17, 15) is 14.4 Å². The molecule has 3 unspecified atom stereocenters. The lowest BCUT2D eigenvalue weighted by molar-refractivity contribution is -0.125. The SMILES string of the molecule is CCC(C)C(NC(=O)c1cn(CC)c2nc(C)ccc2c1=O)C(=O)NC(Cc1ccccc1)c1n[nH]c(=S)n1N. The van der Waals surface area contributed by atoms with Gasteiger partial charge in [0, 0.05) is 24.9 Å². The number of pyridine rings is 2. The number of amides is 2. The van der Waals surface area contributed by atoms with Gasteiger partial charge in [0.1, 0.15) is 17.3 Å². The number of hydrogen-bond acceptors (Lipinski definition) is 7. The fourth-order valence-electron chi connectivity index (χ4n) is 4.56. The van der Waals surface area contributed by atoms with E-state index >= 15 is 0 Å². The second kappa shape index (κ2) is 12.2. The van der Waals surface area contributed by atoms with Gasteiger partial charge in [0.05, 0.1) is 11.4 Å². The van der Waals surface area contributed by atoms with Crippen molar-refractivity contribution in [1.29, 1.82) is 0 Å². The quantitative estimate of drug-likeness (QED) is 0.171. The van der Waals surface area contributed by atoms with E-state index in [0.29, 0.717) is 36.2 Å². The number of carbonyl (C=O) groups is 2. The zero-order chi connectivity index (χ0) is 29.0. The van der Waals surface area contributed by atoms with Crippen LogP contribution in [-0.2, 0) is 17.8 Å². The number of carbonyl (C=O) groups excluding carboxylic acids is 2. The fraction of sp³-hybridized carbons (Fsp3) is 0.357. The number of nitrogens with two attached hydrogens (primary N) is 1. The number of benzene rings is 1. The molecule has 0 fully saturated rings. The van der Waals surface area contributed by atoms with Crippen molar-refractivity contribution in [1.82, 2.24) is 35.1 Å². The molecule has 210 valence electrons. The highest BCUT2D eigenvalue weighted by Gasteiger charge is 2.31. The van der Waals surface area contributed by atoms with Gasteiger partial charge in [-0.2, -0.15) is 5.10 Å². The van der Waals surface area contributed by atoms with Crippen LogP contribution in [0.5, 0.6) is 0 Å². The van der Waals surface area contributed by atoms with Crippen molar-refractivity contribution >= 4 is 35.1 Å². The lowest BCUT2D eigenvalue weighted by Gasteiger charge is -2.26. The molecule has 11 nitrogen and oxygen atoms in total. The molecule has 1 aromatic carbocycles. The topological polar surface area (TPSA) is 153 Å². The van der Waals surface area contributed by atoms with Crippen molar-refractivity contribution in [3.05, 3.63) is 86.3 Å². The van der Waals surface area contributed by atoms with E-state index in [-0.39, 0.29) is 16.3 Å². The van der Waals surface area contributed by atoms with E-state index in [4.69, 9.17) is 18.1 Å². The van der Waals surface area contributed by atoms with E-state index in [1.807, 2.05) is 58.0 Å². The molecule has 3 aromatic heterocycles. The summed E-state index contributed by atoms with van der Waals surface area (Å²) in [5, 5.41) is 13.1. The largest absolute Gasteiger partial charge is 0.344 e. The molecule has 5 N–H and O–H groups in total. The van der Waals surface area contributed by atoms with E-state index in [2.05, 4.69) is 25.8 Å². The Labute approximate surface area is 236 Å². The van der Waals surface area contributed by atoms with Gasteiger partial charge in [-0.3, -0.25) is 19.5 Å². The van der Waals surface area contributed by atoms with Gasteiger partial charge >= 0.3 is 0 Å². The number of rotatable bonds is 10. The molecule has 4 rings (SSSR count). The molecule has 40 heavy (non-hydrogen) atoms. The second-order valence-corrected chi connectivity index (χ2v) is 10.2. The van der Waals surface area contributed by atoms with Crippen LogP contribution in [0.1, 0.15) is 60.7 Å². The Morgan fingerprint density at radius 1 is 1.12 bits per heavy atom. The molecule has 0 radical (unpaired) electrons. The number of aryl methyl sites for hydroxylation is 2. The summed E-state index contributed by atoms with van der Waals surface area (Å²) in [6.45, 7) is 8.06. The van der Waals surface area contributed by atoms with Crippen molar-refractivity contribution in [3.8, 4) is 0 Å². The summed E-state index contributed by atoms with van der Waals surface area (Å²) in [6.07, 6.45) is 2.50. The minimum absolute atomic E-state index is 0.0511. The Morgan fingerprint density at radius 2 is 1.85 bits per heavy atom. The lowest BCUT2D eigenvalue weighted by Crippen LogP contribution is -2.52. The molecule has 0 aliphatic carbocycles. The van der Waals surface area contributed by atoms with Crippen LogP contribution in [-0.4, -0.2) is 42.3 Å². The van der Waals surface area contributed by atoms with E-state index < -0.39 is 29.3 Å². The summed E-state index contributed by atoms with van der Waals surface area (Å²) in [7, 11) is 0. The van der Waals surface area contributed by atoms with Gasteiger partial charge in [-0.25, -0.2) is 9.66 Å². The highest BCUT2D eigenvalue weighted by atomic mass is 32.1. The van der Waals surface area contributed by atoms with Crippen molar-refractivity contribution < 1.29 is 9.59 Å². The predicted octanol–water partition coefficient (Wildman–Crippen LogP) is 2.94. The lowest BCUT2D eigenvalue weighted by atomic mass is 9.96. The van der Waals surface area contributed by atoms with Crippen molar-refractivity contribution in [2.45, 2.75) is 59.2 Å². The standard InChI is InChI=1S/C28H34N8O3S/c1-5-16(3)22(32-26(38)20-15-35(6-2)24-19(23(20)37)13-12-17(4)30-24)27(39)31-21(14-18-10-8-7-9-11-18)25-33-34-28(40)36(25)29/h7-13,15-16,21-22H,5-6,14,29H2,1-4H3,(H,31,39)(H,32,38)(H,34,40). The van der Waals surface area contributed by atoms with Crippen LogP contribution in [0.25, 0.3) is 11.0 Å². The Bertz CT molecular complexity index is 1640. The van der Waals surface area contributed by atoms with Gasteiger partial charge in [0.2, 0.25) is 16.1 Å². The number of fused-ring (bicyclic) bond motifs is 1. The molecular formula is C28H34N8O3S. The van der Waals surface area contributed by atoms with Crippen LogP contribution < -0.4 is 21.9 Å². The van der Waals surface area contributed by atoms with Crippen LogP contribution in [0.3, 0.4) is 0 Å². The van der Waals surface area contributed by atoms with Crippen LogP contribution >= 0.6 is 12.2 Å². The molecule has 3 atom stereocenters. The summed E-state index contributed by atoms with van der Waals surface area (Å²) in [5.74, 6) is 5.16. The minimum atomic E-state index is -0.926.